The smallest absolute Gasteiger partial charge is 0.196 e. The average molecular weight is 111 g/mol. The monoisotopic (exact) mass is 111 g/mol. The Bertz CT molecular complexity index is 109. The van der Waals surface area contributed by atoms with E-state index in [1.165, 1.54) is 17.3 Å². The topological polar surface area (TPSA) is 53.1 Å². The summed E-state index contributed by atoms with van der Waals surface area (Å²) in [6.07, 6.45) is 2.82. The molecule has 0 radical (unpaired) electrons. The van der Waals surface area contributed by atoms with E-state index in [2.05, 4.69) is 13.2 Å². The molecule has 3 N–H and O–H groups in total. The lowest BCUT2D eigenvalue weighted by molar-refractivity contribution is 0.745. The molecule has 0 aromatic heterocycles. The van der Waals surface area contributed by atoms with Gasteiger partial charge in [-0.25, -0.2) is 0 Å². The molecule has 0 heterocycles. The van der Waals surface area contributed by atoms with Crippen LogP contribution in [-0.2, 0) is 0 Å². The fraction of sp³-hybridized carbons (Fsp3) is 0. The van der Waals surface area contributed by atoms with Crippen LogP contribution in [0.2, 0.25) is 0 Å². The van der Waals surface area contributed by atoms with Crippen LogP contribution in [0.25, 0.3) is 0 Å². The lowest BCUT2D eigenvalue weighted by Gasteiger charge is -2.08. The Hall–Kier alpha value is -1.25. The molecule has 8 heavy (non-hydrogen) atoms. The molecule has 0 amide bonds. The normalized spacial score (nSPS) is 7.50. The number of guanidine groups is 1. The van der Waals surface area contributed by atoms with E-state index in [4.69, 9.17) is 11.1 Å². The predicted octanol–water partition coefficient (Wildman–Crippen LogP) is 0.469. The Kier molecular flexibility index (Phi) is 2.40. The van der Waals surface area contributed by atoms with Crippen molar-refractivity contribution < 1.29 is 0 Å². The van der Waals surface area contributed by atoms with E-state index in [1.54, 1.807) is 0 Å². The van der Waals surface area contributed by atoms with Gasteiger partial charge in [0.1, 0.15) is 0 Å². The maximum atomic E-state index is 6.81. The molecule has 0 saturated heterocycles. The molecule has 0 atom stereocenters. The molecule has 0 unspecified atom stereocenters. The number of nitrogens with two attached hydrogens (primary N) is 1. The fourth-order valence-electron chi connectivity index (χ4n) is 0.271. The minimum Gasteiger partial charge on any atom is -0.369 e. The highest BCUT2D eigenvalue weighted by Gasteiger charge is 1.90. The first-order valence-electron chi connectivity index (χ1n) is 2.10. The number of nitrogens with one attached hydrogen (secondary N) is 1. The second kappa shape index (κ2) is 2.85. The van der Waals surface area contributed by atoms with Crippen molar-refractivity contribution in [1.29, 1.82) is 5.41 Å². The second-order valence-corrected chi connectivity index (χ2v) is 1.16. The lowest BCUT2D eigenvalue weighted by atomic mass is 10.7. The fourth-order valence-corrected chi connectivity index (χ4v) is 0.271. The van der Waals surface area contributed by atoms with E-state index in [0.717, 1.165) is 0 Å². The molecule has 0 bridgehead atoms. The van der Waals surface area contributed by atoms with Crippen LogP contribution < -0.4 is 5.73 Å². The van der Waals surface area contributed by atoms with Gasteiger partial charge < -0.3 is 5.73 Å². The van der Waals surface area contributed by atoms with E-state index in [-0.39, 0.29) is 5.96 Å². The number of hydrogen-bond donors (Lipinski definition) is 2. The van der Waals surface area contributed by atoms with Gasteiger partial charge in [0.2, 0.25) is 0 Å². The van der Waals surface area contributed by atoms with Gasteiger partial charge in [-0.05, 0) is 0 Å². The van der Waals surface area contributed by atoms with Gasteiger partial charge in [-0.3, -0.25) is 10.3 Å². The Labute approximate surface area is 48.6 Å². The number of nitrogens with zero attached hydrogens (tertiary/aromatic N) is 1. The summed E-state index contributed by atoms with van der Waals surface area (Å²) in [4.78, 5) is 1.31. The van der Waals surface area contributed by atoms with Gasteiger partial charge in [-0.1, -0.05) is 13.2 Å². The second-order valence-electron chi connectivity index (χ2n) is 1.16. The maximum absolute atomic E-state index is 6.81. The summed E-state index contributed by atoms with van der Waals surface area (Å²) >= 11 is 0. The van der Waals surface area contributed by atoms with E-state index in [9.17, 15) is 0 Å². The van der Waals surface area contributed by atoms with Crippen molar-refractivity contribution in [3.8, 4) is 0 Å². The first kappa shape index (κ1) is 6.75. The number of rotatable bonds is 2. The van der Waals surface area contributed by atoms with Crippen molar-refractivity contribution in [2.24, 2.45) is 5.73 Å². The summed E-state index contributed by atoms with van der Waals surface area (Å²) in [5, 5.41) is 6.81. The van der Waals surface area contributed by atoms with Crippen LogP contribution in [0, 0.1) is 5.41 Å². The molecular formula is C5H9N3. The van der Waals surface area contributed by atoms with Gasteiger partial charge in [0.15, 0.2) is 5.96 Å². The van der Waals surface area contributed by atoms with E-state index in [0.29, 0.717) is 0 Å². The molecule has 0 aliphatic rings. The zero-order valence-electron chi connectivity index (χ0n) is 4.59. The van der Waals surface area contributed by atoms with Gasteiger partial charge in [0.05, 0.1) is 0 Å². The van der Waals surface area contributed by atoms with Gasteiger partial charge in [0, 0.05) is 12.4 Å². The van der Waals surface area contributed by atoms with Crippen LogP contribution >= 0.6 is 0 Å². The average Bonchev–Trinajstić information content (AvgIpc) is 1.69. The van der Waals surface area contributed by atoms with E-state index < -0.39 is 0 Å². The van der Waals surface area contributed by atoms with Crippen LogP contribution in [-0.4, -0.2) is 10.9 Å². The summed E-state index contributed by atoms with van der Waals surface area (Å²) in [5.41, 5.74) is 5.02. The molecule has 0 aliphatic carbocycles. The molecule has 0 fully saturated rings. The van der Waals surface area contributed by atoms with Gasteiger partial charge >= 0.3 is 0 Å². The van der Waals surface area contributed by atoms with Crippen molar-refractivity contribution in [3.05, 3.63) is 25.6 Å². The zero-order valence-corrected chi connectivity index (χ0v) is 4.59. The highest BCUT2D eigenvalue weighted by Crippen LogP contribution is 1.83. The summed E-state index contributed by atoms with van der Waals surface area (Å²) in [6.45, 7) is 6.77. The Morgan fingerprint density at radius 1 is 1.50 bits per heavy atom. The summed E-state index contributed by atoms with van der Waals surface area (Å²) in [6, 6.07) is 0. The van der Waals surface area contributed by atoms with Crippen LogP contribution in [0.15, 0.2) is 25.6 Å². The van der Waals surface area contributed by atoms with Crippen molar-refractivity contribution >= 4 is 5.96 Å². The molecule has 0 spiro atoms. The molecule has 3 nitrogen and oxygen atoms in total. The summed E-state index contributed by atoms with van der Waals surface area (Å²) < 4.78 is 0. The van der Waals surface area contributed by atoms with Crippen LogP contribution in [0.5, 0.6) is 0 Å². The van der Waals surface area contributed by atoms with Crippen LogP contribution in [0.3, 0.4) is 0 Å². The summed E-state index contributed by atoms with van der Waals surface area (Å²) in [5.74, 6) is -0.0741. The van der Waals surface area contributed by atoms with Gasteiger partial charge in [-0.2, -0.15) is 0 Å². The predicted molar refractivity (Wildman–Crippen MR) is 34.1 cm³/mol. The van der Waals surface area contributed by atoms with E-state index in [1.807, 2.05) is 0 Å². The van der Waals surface area contributed by atoms with Crippen molar-refractivity contribution in [2.75, 3.05) is 0 Å². The Morgan fingerprint density at radius 2 is 1.88 bits per heavy atom. The quantitative estimate of drug-likeness (QED) is 0.402. The van der Waals surface area contributed by atoms with E-state index >= 15 is 0 Å². The van der Waals surface area contributed by atoms with Crippen molar-refractivity contribution in [1.82, 2.24) is 4.90 Å². The Morgan fingerprint density at radius 3 is 1.88 bits per heavy atom. The highest BCUT2D eigenvalue weighted by atomic mass is 15.2. The third-order valence-corrected chi connectivity index (χ3v) is 0.672. The molecule has 3 heteroatoms. The highest BCUT2D eigenvalue weighted by molar-refractivity contribution is 5.76. The van der Waals surface area contributed by atoms with Crippen LogP contribution in [0.4, 0.5) is 0 Å². The molecule has 0 rings (SSSR count). The number of hydrogen-bond acceptors (Lipinski definition) is 1. The third-order valence-electron chi connectivity index (χ3n) is 0.672. The molecule has 0 aromatic carbocycles. The molecular weight excluding hydrogens is 102 g/mol. The van der Waals surface area contributed by atoms with Gasteiger partial charge in [0.25, 0.3) is 0 Å². The summed E-state index contributed by atoms with van der Waals surface area (Å²) in [7, 11) is 0. The molecule has 0 aromatic rings. The van der Waals surface area contributed by atoms with Crippen LogP contribution in [0.1, 0.15) is 0 Å². The first-order valence-corrected chi connectivity index (χ1v) is 2.10. The maximum Gasteiger partial charge on any atom is 0.196 e. The van der Waals surface area contributed by atoms with Crippen molar-refractivity contribution in [3.63, 3.8) is 0 Å². The first-order chi connectivity index (χ1) is 3.72. The molecule has 0 saturated carbocycles. The zero-order chi connectivity index (χ0) is 6.57. The minimum absolute atomic E-state index is 0.0741. The van der Waals surface area contributed by atoms with Crippen molar-refractivity contribution in [2.45, 2.75) is 0 Å². The standard InChI is InChI=1S/C5H9N3/c1-3-8(4-2)5(6)7/h3-4H,1-2H2,(H3,6,7). The SMILES string of the molecule is C=CN(C=C)C(=N)N. The Balaban J connectivity index is 3.88. The molecule has 0 aliphatic heterocycles. The lowest BCUT2D eigenvalue weighted by Crippen LogP contribution is -2.26. The molecule has 44 valence electrons. The largest absolute Gasteiger partial charge is 0.369 e. The van der Waals surface area contributed by atoms with Gasteiger partial charge in [-0.15, -0.1) is 0 Å². The third kappa shape index (κ3) is 1.47. The minimum atomic E-state index is -0.0741.